The molecule has 0 saturated carbocycles. The van der Waals surface area contributed by atoms with E-state index in [2.05, 4.69) is 10.4 Å². The Hall–Kier alpha value is -1.40. The van der Waals surface area contributed by atoms with E-state index in [-0.39, 0.29) is 5.91 Å². The number of benzene rings is 1. The average Bonchev–Trinajstić information content (AvgIpc) is 3.31. The SMILES string of the molecule is O=C(CCCCC1CCSS1)NCCc1cnn(-c2ccccc2)c1. The van der Waals surface area contributed by atoms with E-state index in [0.717, 1.165) is 35.8 Å². The zero-order valence-electron chi connectivity index (χ0n) is 14.4. The number of rotatable bonds is 9. The van der Waals surface area contributed by atoms with Crippen LogP contribution in [0.5, 0.6) is 0 Å². The predicted octanol–water partition coefficient (Wildman–Crippen LogP) is 4.25. The van der Waals surface area contributed by atoms with E-state index in [0.29, 0.717) is 13.0 Å². The summed E-state index contributed by atoms with van der Waals surface area (Å²) >= 11 is 0. The van der Waals surface area contributed by atoms with Crippen molar-refractivity contribution in [2.75, 3.05) is 12.3 Å². The van der Waals surface area contributed by atoms with Gasteiger partial charge in [-0.3, -0.25) is 4.79 Å². The van der Waals surface area contributed by atoms with Crippen LogP contribution in [0.15, 0.2) is 42.7 Å². The van der Waals surface area contributed by atoms with Gasteiger partial charge in [0.05, 0.1) is 11.9 Å². The van der Waals surface area contributed by atoms with Crippen LogP contribution in [0.4, 0.5) is 0 Å². The summed E-state index contributed by atoms with van der Waals surface area (Å²) in [7, 11) is 4.01. The van der Waals surface area contributed by atoms with Crippen molar-refractivity contribution in [3.05, 3.63) is 48.3 Å². The molecule has 134 valence electrons. The molecule has 0 bridgehead atoms. The Bertz CT molecular complexity index is 654. The second-order valence-corrected chi connectivity index (χ2v) is 9.09. The molecule has 1 aromatic carbocycles. The standard InChI is InChI=1S/C19H25N3OS2/c23-19(9-5-4-8-18-11-13-24-25-18)20-12-10-16-14-21-22(15-16)17-6-2-1-3-7-17/h1-3,6-7,14-15,18H,4-5,8-13H2,(H,20,23). The van der Waals surface area contributed by atoms with Crippen molar-refractivity contribution in [1.29, 1.82) is 0 Å². The lowest BCUT2D eigenvalue weighted by atomic mass is 10.1. The maximum Gasteiger partial charge on any atom is 0.220 e. The largest absolute Gasteiger partial charge is 0.356 e. The van der Waals surface area contributed by atoms with Gasteiger partial charge in [-0.15, -0.1) is 0 Å². The second-order valence-electron chi connectivity index (χ2n) is 6.30. The first-order valence-corrected chi connectivity index (χ1v) is 11.3. The van der Waals surface area contributed by atoms with Gasteiger partial charge < -0.3 is 5.32 Å². The summed E-state index contributed by atoms with van der Waals surface area (Å²) in [4.78, 5) is 11.9. The Morgan fingerprint density at radius 2 is 2.16 bits per heavy atom. The van der Waals surface area contributed by atoms with Gasteiger partial charge in [0.2, 0.25) is 5.91 Å². The third-order valence-electron chi connectivity index (χ3n) is 4.30. The third-order valence-corrected chi connectivity index (χ3v) is 7.31. The van der Waals surface area contributed by atoms with Crippen LogP contribution in [0, 0.1) is 0 Å². The molecule has 1 aromatic heterocycles. The molecular weight excluding hydrogens is 350 g/mol. The molecule has 0 spiro atoms. The first kappa shape index (κ1) is 18.4. The van der Waals surface area contributed by atoms with Crippen LogP contribution < -0.4 is 5.32 Å². The Morgan fingerprint density at radius 1 is 1.28 bits per heavy atom. The van der Waals surface area contributed by atoms with Crippen molar-refractivity contribution in [3.63, 3.8) is 0 Å². The minimum atomic E-state index is 0.170. The molecule has 1 saturated heterocycles. The van der Waals surface area contributed by atoms with Crippen LogP contribution >= 0.6 is 21.6 Å². The number of carbonyl (C=O) groups excluding carboxylic acids is 1. The van der Waals surface area contributed by atoms with Crippen LogP contribution in [-0.2, 0) is 11.2 Å². The quantitative estimate of drug-likeness (QED) is 0.526. The third kappa shape index (κ3) is 6.12. The van der Waals surface area contributed by atoms with Crippen LogP contribution in [0.1, 0.15) is 37.7 Å². The molecule has 1 atom stereocenters. The van der Waals surface area contributed by atoms with Gasteiger partial charge in [0.15, 0.2) is 0 Å². The number of nitrogens with zero attached hydrogens (tertiary/aromatic N) is 2. The fourth-order valence-corrected chi connectivity index (χ4v) is 5.90. The minimum absolute atomic E-state index is 0.170. The number of carbonyl (C=O) groups is 1. The Labute approximate surface area is 157 Å². The van der Waals surface area contributed by atoms with E-state index >= 15 is 0 Å². The van der Waals surface area contributed by atoms with Gasteiger partial charge in [0.1, 0.15) is 0 Å². The minimum Gasteiger partial charge on any atom is -0.356 e. The normalized spacial score (nSPS) is 16.9. The van der Waals surface area contributed by atoms with Crippen molar-refractivity contribution in [1.82, 2.24) is 15.1 Å². The Morgan fingerprint density at radius 3 is 2.96 bits per heavy atom. The van der Waals surface area contributed by atoms with Gasteiger partial charge in [0, 0.05) is 30.2 Å². The van der Waals surface area contributed by atoms with Crippen molar-refractivity contribution >= 4 is 27.5 Å². The van der Waals surface area contributed by atoms with Gasteiger partial charge in [-0.05, 0) is 43.4 Å². The first-order valence-electron chi connectivity index (χ1n) is 8.95. The second kappa shape index (κ2) is 9.92. The number of hydrogen-bond acceptors (Lipinski definition) is 4. The molecule has 1 unspecified atom stereocenters. The summed E-state index contributed by atoms with van der Waals surface area (Å²) in [6.07, 6.45) is 10.1. The van der Waals surface area contributed by atoms with E-state index in [9.17, 15) is 4.79 Å². The summed E-state index contributed by atoms with van der Waals surface area (Å²) in [5, 5.41) is 8.22. The summed E-state index contributed by atoms with van der Waals surface area (Å²) in [5.74, 6) is 1.46. The van der Waals surface area contributed by atoms with Gasteiger partial charge in [-0.2, -0.15) is 5.10 Å². The van der Waals surface area contributed by atoms with Crippen LogP contribution in [0.3, 0.4) is 0 Å². The molecule has 3 rings (SSSR count). The van der Waals surface area contributed by atoms with Crippen molar-refractivity contribution in [3.8, 4) is 5.69 Å². The molecule has 4 nitrogen and oxygen atoms in total. The number of nitrogens with one attached hydrogen (secondary N) is 1. The number of amides is 1. The Kier molecular flexibility index (Phi) is 7.30. The zero-order valence-corrected chi connectivity index (χ0v) is 16.0. The monoisotopic (exact) mass is 375 g/mol. The van der Waals surface area contributed by atoms with Crippen molar-refractivity contribution in [2.24, 2.45) is 0 Å². The fourth-order valence-electron chi connectivity index (χ4n) is 2.87. The zero-order chi connectivity index (χ0) is 17.3. The molecule has 1 N–H and O–H groups in total. The number of aromatic nitrogens is 2. The molecule has 6 heteroatoms. The Balaban J connectivity index is 1.30. The predicted molar refractivity (Wildman–Crippen MR) is 107 cm³/mol. The molecule has 1 aliphatic rings. The maximum atomic E-state index is 11.9. The molecule has 1 fully saturated rings. The summed E-state index contributed by atoms with van der Waals surface area (Å²) < 4.78 is 1.87. The van der Waals surface area contributed by atoms with Gasteiger partial charge >= 0.3 is 0 Å². The van der Waals surface area contributed by atoms with E-state index in [1.807, 2.05) is 69.0 Å². The molecule has 1 amide bonds. The molecular formula is C19H25N3OS2. The maximum absolute atomic E-state index is 11.9. The van der Waals surface area contributed by atoms with Crippen molar-refractivity contribution < 1.29 is 4.79 Å². The van der Waals surface area contributed by atoms with E-state index in [1.54, 1.807) is 0 Å². The summed E-state index contributed by atoms with van der Waals surface area (Å²) in [5.41, 5.74) is 2.19. The van der Waals surface area contributed by atoms with Crippen LogP contribution in [-0.4, -0.2) is 33.2 Å². The molecule has 2 heterocycles. The first-order chi connectivity index (χ1) is 12.3. The highest BCUT2D eigenvalue weighted by Crippen LogP contribution is 2.39. The van der Waals surface area contributed by atoms with Crippen LogP contribution in [0.25, 0.3) is 5.69 Å². The lowest BCUT2D eigenvalue weighted by Crippen LogP contribution is -2.25. The van der Waals surface area contributed by atoms with Gasteiger partial charge in [-0.1, -0.05) is 46.2 Å². The lowest BCUT2D eigenvalue weighted by molar-refractivity contribution is -0.121. The fraction of sp³-hybridized carbons (Fsp3) is 0.474. The van der Waals surface area contributed by atoms with E-state index < -0.39 is 0 Å². The molecule has 0 aliphatic carbocycles. The van der Waals surface area contributed by atoms with Crippen LogP contribution in [0.2, 0.25) is 0 Å². The number of hydrogen-bond donors (Lipinski definition) is 1. The smallest absolute Gasteiger partial charge is 0.220 e. The van der Waals surface area contributed by atoms with Gasteiger partial charge in [-0.25, -0.2) is 4.68 Å². The van der Waals surface area contributed by atoms with E-state index in [1.165, 1.54) is 18.6 Å². The highest BCUT2D eigenvalue weighted by Gasteiger charge is 2.15. The summed E-state index contributed by atoms with van der Waals surface area (Å²) in [6, 6.07) is 10.1. The number of unbranched alkanes of at least 4 members (excludes halogenated alkanes) is 1. The highest BCUT2D eigenvalue weighted by molar-refractivity contribution is 8.77. The molecule has 25 heavy (non-hydrogen) atoms. The average molecular weight is 376 g/mol. The van der Waals surface area contributed by atoms with E-state index in [4.69, 9.17) is 0 Å². The summed E-state index contributed by atoms with van der Waals surface area (Å²) in [6.45, 7) is 0.675. The molecule has 1 aliphatic heterocycles. The molecule has 2 aromatic rings. The highest BCUT2D eigenvalue weighted by atomic mass is 33.1. The van der Waals surface area contributed by atoms with Crippen molar-refractivity contribution in [2.45, 2.75) is 43.8 Å². The lowest BCUT2D eigenvalue weighted by Gasteiger charge is -2.07. The van der Waals surface area contributed by atoms with Gasteiger partial charge in [0.25, 0.3) is 0 Å². The molecule has 0 radical (unpaired) electrons. The number of para-hydroxylation sites is 1. The topological polar surface area (TPSA) is 46.9 Å².